The predicted octanol–water partition coefficient (Wildman–Crippen LogP) is 5.41. The molecule has 0 aliphatic rings. The van der Waals surface area contributed by atoms with E-state index in [0.717, 1.165) is 32.2 Å². The summed E-state index contributed by atoms with van der Waals surface area (Å²) >= 11 is 1.42. The van der Waals surface area contributed by atoms with Crippen LogP contribution in [0, 0.1) is 0 Å². The Hall–Kier alpha value is -4.17. The van der Waals surface area contributed by atoms with Crippen LogP contribution in [-0.4, -0.2) is 47.9 Å². The van der Waals surface area contributed by atoms with Gasteiger partial charge >= 0.3 is 0 Å². The molecule has 8 heteroatoms. The summed E-state index contributed by atoms with van der Waals surface area (Å²) in [7, 11) is 4.86. The van der Waals surface area contributed by atoms with Gasteiger partial charge in [0.15, 0.2) is 0 Å². The summed E-state index contributed by atoms with van der Waals surface area (Å²) in [5.74, 6) is 0.0171. The summed E-state index contributed by atoms with van der Waals surface area (Å²) in [6.45, 7) is 0. The fourth-order valence-corrected chi connectivity index (χ4v) is 4.88. The Bertz CT molecular complexity index is 1550. The first kappa shape index (κ1) is 21.7. The maximum atomic E-state index is 13.1. The van der Waals surface area contributed by atoms with Crippen molar-refractivity contribution in [1.29, 1.82) is 0 Å². The molecule has 3 aromatic heterocycles. The fourth-order valence-electron chi connectivity index (χ4n) is 3.90. The van der Waals surface area contributed by atoms with Gasteiger partial charge in [-0.15, -0.1) is 11.3 Å². The number of hydrogen-bond donors (Lipinski definition) is 2. The maximum Gasteiger partial charge on any atom is 0.265 e. The number of rotatable bonds is 5. The van der Waals surface area contributed by atoms with Gasteiger partial charge in [0, 0.05) is 53.2 Å². The molecule has 0 aliphatic carbocycles. The van der Waals surface area contributed by atoms with Gasteiger partial charge in [0.1, 0.15) is 11.4 Å². The number of aromatic nitrogens is 2. The molecule has 34 heavy (non-hydrogen) atoms. The molecule has 0 saturated carbocycles. The molecule has 0 radical (unpaired) electrons. The summed E-state index contributed by atoms with van der Waals surface area (Å²) in [6.07, 6.45) is 3.71. The first-order chi connectivity index (χ1) is 16.4. The average Bonchev–Trinajstić information content (AvgIpc) is 3.49. The molecule has 0 aliphatic heterocycles. The van der Waals surface area contributed by atoms with Gasteiger partial charge in [-0.3, -0.25) is 9.59 Å². The molecule has 5 aromatic rings. The van der Waals surface area contributed by atoms with E-state index in [4.69, 9.17) is 4.74 Å². The summed E-state index contributed by atoms with van der Waals surface area (Å²) in [5, 5.41) is 4.94. The molecular weight excluding hydrogens is 448 g/mol. The number of benzene rings is 2. The lowest BCUT2D eigenvalue weighted by Crippen LogP contribution is -2.22. The third kappa shape index (κ3) is 3.88. The average molecular weight is 471 g/mol. The monoisotopic (exact) mass is 470 g/mol. The zero-order valence-corrected chi connectivity index (χ0v) is 19.7. The number of carbonyl (C=O) groups is 2. The quantitative estimate of drug-likeness (QED) is 0.360. The van der Waals surface area contributed by atoms with Crippen LogP contribution in [0.5, 0.6) is 5.75 Å². The normalized spacial score (nSPS) is 11.0. The number of fused-ring (bicyclic) bond motifs is 2. The van der Waals surface area contributed by atoms with Crippen LogP contribution in [0.25, 0.3) is 32.2 Å². The largest absolute Gasteiger partial charge is 0.496 e. The SMILES string of the molecule is COc1ccc(NC(=O)c2cc3c(-c4cnc5[nH]ccc5c4)cccc3s2)cc1C(=O)N(C)C. The third-order valence-electron chi connectivity index (χ3n) is 5.59. The highest BCUT2D eigenvalue weighted by molar-refractivity contribution is 7.21. The fraction of sp³-hybridized carbons (Fsp3) is 0.115. The van der Waals surface area contributed by atoms with Crippen molar-refractivity contribution in [3.63, 3.8) is 0 Å². The van der Waals surface area contributed by atoms with Crippen molar-refractivity contribution in [1.82, 2.24) is 14.9 Å². The van der Waals surface area contributed by atoms with Gasteiger partial charge in [0.05, 0.1) is 17.6 Å². The van der Waals surface area contributed by atoms with Crippen molar-refractivity contribution in [3.05, 3.63) is 77.4 Å². The minimum Gasteiger partial charge on any atom is -0.496 e. The second kappa shape index (κ2) is 8.64. The Kier molecular flexibility index (Phi) is 5.51. The number of nitrogens with zero attached hydrogens (tertiary/aromatic N) is 2. The van der Waals surface area contributed by atoms with Crippen LogP contribution in [0.4, 0.5) is 5.69 Å². The Morgan fingerprint density at radius 2 is 1.94 bits per heavy atom. The molecule has 0 unspecified atom stereocenters. The van der Waals surface area contributed by atoms with Gasteiger partial charge in [-0.05, 0) is 48.0 Å². The Balaban J connectivity index is 1.47. The van der Waals surface area contributed by atoms with E-state index < -0.39 is 0 Å². The zero-order valence-electron chi connectivity index (χ0n) is 18.9. The lowest BCUT2D eigenvalue weighted by Gasteiger charge is -2.15. The summed E-state index contributed by atoms with van der Waals surface area (Å²) in [6, 6.07) is 17.0. The van der Waals surface area contributed by atoms with Gasteiger partial charge in [-0.1, -0.05) is 12.1 Å². The molecule has 0 bridgehead atoms. The van der Waals surface area contributed by atoms with Gasteiger partial charge < -0.3 is 19.9 Å². The van der Waals surface area contributed by atoms with Crippen LogP contribution in [0.15, 0.2) is 67.0 Å². The van der Waals surface area contributed by atoms with Crippen molar-refractivity contribution in [2.24, 2.45) is 0 Å². The number of carbonyl (C=O) groups excluding carboxylic acids is 2. The standard InChI is InChI=1S/C26H22N4O3S/c1-30(2)26(32)20-12-17(7-8-21(20)33-3)29-25(31)23-13-19-18(5-4-6-22(19)34-23)16-11-15-9-10-27-24(15)28-14-16/h4-14H,1-3H3,(H,27,28)(H,29,31). The van der Waals surface area contributed by atoms with Crippen molar-refractivity contribution >= 4 is 50.0 Å². The zero-order chi connectivity index (χ0) is 23.8. The molecule has 170 valence electrons. The molecule has 2 amide bonds. The number of thiophene rings is 1. The van der Waals surface area contributed by atoms with E-state index in [9.17, 15) is 9.59 Å². The molecular formula is C26H22N4O3S. The number of methoxy groups -OCH3 is 1. The highest BCUT2D eigenvalue weighted by atomic mass is 32.1. The Morgan fingerprint density at radius 1 is 1.09 bits per heavy atom. The first-order valence-corrected chi connectivity index (χ1v) is 11.4. The van der Waals surface area contributed by atoms with E-state index in [1.807, 2.05) is 42.7 Å². The van der Waals surface area contributed by atoms with Gasteiger partial charge in [0.25, 0.3) is 11.8 Å². The number of hydrogen-bond acceptors (Lipinski definition) is 5. The van der Waals surface area contributed by atoms with Gasteiger partial charge in [0.2, 0.25) is 0 Å². The molecule has 5 rings (SSSR count). The molecule has 2 aromatic carbocycles. The van der Waals surface area contributed by atoms with Crippen LogP contribution < -0.4 is 10.1 Å². The number of ether oxygens (including phenoxy) is 1. The van der Waals surface area contributed by atoms with E-state index in [1.54, 1.807) is 32.3 Å². The lowest BCUT2D eigenvalue weighted by molar-refractivity contribution is 0.0824. The minimum absolute atomic E-state index is 0.201. The van der Waals surface area contributed by atoms with Gasteiger partial charge in [-0.2, -0.15) is 0 Å². The molecule has 0 saturated heterocycles. The van der Waals surface area contributed by atoms with E-state index in [-0.39, 0.29) is 11.8 Å². The molecule has 0 fully saturated rings. The number of pyridine rings is 1. The number of anilines is 1. The van der Waals surface area contributed by atoms with Crippen molar-refractivity contribution in [2.45, 2.75) is 0 Å². The molecule has 0 spiro atoms. The second-order valence-corrected chi connectivity index (χ2v) is 9.12. The Labute approximate surface area is 200 Å². The third-order valence-corrected chi connectivity index (χ3v) is 6.69. The summed E-state index contributed by atoms with van der Waals surface area (Å²) < 4.78 is 6.32. The smallest absolute Gasteiger partial charge is 0.265 e. The molecule has 3 heterocycles. The highest BCUT2D eigenvalue weighted by Gasteiger charge is 2.18. The minimum atomic E-state index is -0.236. The second-order valence-electron chi connectivity index (χ2n) is 8.04. The van der Waals surface area contributed by atoms with Crippen molar-refractivity contribution in [2.75, 3.05) is 26.5 Å². The molecule has 2 N–H and O–H groups in total. The van der Waals surface area contributed by atoms with Crippen LogP contribution in [0.3, 0.4) is 0 Å². The van der Waals surface area contributed by atoms with Crippen LogP contribution in [-0.2, 0) is 0 Å². The number of nitrogens with one attached hydrogen (secondary N) is 2. The van der Waals surface area contributed by atoms with Crippen LogP contribution in [0.1, 0.15) is 20.0 Å². The topological polar surface area (TPSA) is 87.3 Å². The Morgan fingerprint density at radius 3 is 2.74 bits per heavy atom. The van der Waals surface area contributed by atoms with Crippen molar-refractivity contribution in [3.8, 4) is 16.9 Å². The lowest BCUT2D eigenvalue weighted by atomic mass is 10.0. The highest BCUT2D eigenvalue weighted by Crippen LogP contribution is 2.35. The van der Waals surface area contributed by atoms with Crippen LogP contribution >= 0.6 is 11.3 Å². The number of amides is 2. The first-order valence-electron chi connectivity index (χ1n) is 10.6. The van der Waals surface area contributed by atoms with Gasteiger partial charge in [-0.25, -0.2) is 4.98 Å². The predicted molar refractivity (Wildman–Crippen MR) is 136 cm³/mol. The summed E-state index contributed by atoms with van der Waals surface area (Å²) in [5.41, 5.74) is 3.76. The van der Waals surface area contributed by atoms with E-state index in [2.05, 4.69) is 21.4 Å². The van der Waals surface area contributed by atoms with Crippen LogP contribution in [0.2, 0.25) is 0 Å². The number of aromatic amines is 1. The van der Waals surface area contributed by atoms with E-state index in [0.29, 0.717) is 21.9 Å². The molecule has 0 atom stereocenters. The number of H-pyrrole nitrogens is 1. The summed E-state index contributed by atoms with van der Waals surface area (Å²) in [4.78, 5) is 35.3. The maximum absolute atomic E-state index is 13.1. The molecule has 7 nitrogen and oxygen atoms in total. The van der Waals surface area contributed by atoms with E-state index >= 15 is 0 Å². The van der Waals surface area contributed by atoms with E-state index in [1.165, 1.54) is 23.3 Å². The van der Waals surface area contributed by atoms with Crippen molar-refractivity contribution < 1.29 is 14.3 Å².